The lowest BCUT2D eigenvalue weighted by molar-refractivity contribution is 0.211. The molecule has 0 spiro atoms. The van der Waals surface area contributed by atoms with Crippen LogP contribution in [0.4, 0.5) is 5.69 Å². The minimum atomic E-state index is 0.729. The third kappa shape index (κ3) is 4.84. The van der Waals surface area contributed by atoms with Crippen molar-refractivity contribution in [3.8, 4) is 0 Å². The third-order valence-corrected chi connectivity index (χ3v) is 2.31. The Morgan fingerprint density at radius 2 is 2.33 bits per heavy atom. The van der Waals surface area contributed by atoms with Crippen LogP contribution in [-0.2, 0) is 11.2 Å². The number of ether oxygens (including phenoxy) is 1. The molecule has 2 nitrogen and oxygen atoms in total. The molecule has 0 aromatic heterocycles. The average molecular weight is 206 g/mol. The fourth-order valence-corrected chi connectivity index (χ4v) is 1.44. The molecule has 0 heterocycles. The van der Waals surface area contributed by atoms with Crippen molar-refractivity contribution in [1.82, 2.24) is 0 Å². The van der Waals surface area contributed by atoms with Crippen molar-refractivity contribution in [3.05, 3.63) is 29.8 Å². The number of unbranched alkanes of at least 4 members (excludes halogenated alkanes) is 1. The first kappa shape index (κ1) is 12.1. The second kappa shape index (κ2) is 7.30. The highest BCUT2D eigenvalue weighted by Gasteiger charge is 1.95. The Morgan fingerprint density at radius 3 is 3.07 bits per heavy atom. The topological polar surface area (TPSA) is 21.3 Å². The minimum Gasteiger partial charge on any atom is -0.383 e. The van der Waals surface area contributed by atoms with Crippen LogP contribution >= 0.6 is 0 Å². The molecule has 0 aliphatic carbocycles. The zero-order valence-corrected chi connectivity index (χ0v) is 9.68. The molecular formula is C13H20NO. The van der Waals surface area contributed by atoms with Crippen LogP contribution in [0.15, 0.2) is 18.2 Å². The van der Waals surface area contributed by atoms with Crippen molar-refractivity contribution in [3.63, 3.8) is 0 Å². The predicted molar refractivity (Wildman–Crippen MR) is 64.3 cm³/mol. The Balaban J connectivity index is 2.42. The summed E-state index contributed by atoms with van der Waals surface area (Å²) in [5.41, 5.74) is 2.45. The van der Waals surface area contributed by atoms with Crippen molar-refractivity contribution in [1.29, 1.82) is 0 Å². The number of methoxy groups -OCH3 is 1. The number of nitrogens with one attached hydrogen (secondary N) is 1. The van der Waals surface area contributed by atoms with E-state index >= 15 is 0 Å². The van der Waals surface area contributed by atoms with Crippen molar-refractivity contribution in [2.24, 2.45) is 0 Å². The summed E-state index contributed by atoms with van der Waals surface area (Å²) in [7, 11) is 1.71. The van der Waals surface area contributed by atoms with E-state index in [2.05, 4.69) is 30.4 Å². The molecule has 0 unspecified atom stereocenters. The minimum absolute atomic E-state index is 0.729. The van der Waals surface area contributed by atoms with Gasteiger partial charge in [0.15, 0.2) is 0 Å². The van der Waals surface area contributed by atoms with E-state index in [-0.39, 0.29) is 0 Å². The first-order valence-electron chi connectivity index (χ1n) is 5.60. The molecule has 1 radical (unpaired) electrons. The largest absolute Gasteiger partial charge is 0.383 e. The van der Waals surface area contributed by atoms with E-state index in [1.807, 2.05) is 6.07 Å². The first-order chi connectivity index (χ1) is 7.36. The molecule has 0 saturated heterocycles. The Hall–Kier alpha value is -1.02. The van der Waals surface area contributed by atoms with Gasteiger partial charge in [-0.2, -0.15) is 0 Å². The van der Waals surface area contributed by atoms with Crippen LogP contribution in [0.25, 0.3) is 0 Å². The first-order valence-corrected chi connectivity index (χ1v) is 5.60. The van der Waals surface area contributed by atoms with Gasteiger partial charge in [0.25, 0.3) is 0 Å². The van der Waals surface area contributed by atoms with Gasteiger partial charge >= 0.3 is 0 Å². The summed E-state index contributed by atoms with van der Waals surface area (Å²) in [5.74, 6) is 0. The number of rotatable bonds is 7. The van der Waals surface area contributed by atoms with E-state index in [0.29, 0.717) is 0 Å². The second-order valence-corrected chi connectivity index (χ2v) is 3.63. The van der Waals surface area contributed by atoms with Crippen molar-refractivity contribution in [2.45, 2.75) is 26.2 Å². The van der Waals surface area contributed by atoms with Gasteiger partial charge in [-0.3, -0.25) is 0 Å². The van der Waals surface area contributed by atoms with Gasteiger partial charge in [-0.25, -0.2) is 0 Å². The molecule has 1 aromatic rings. The maximum absolute atomic E-state index is 4.98. The Kier molecular flexibility index (Phi) is 5.86. The standard InChI is InChI=1S/C13H20NO/c1-3-4-6-12-7-5-8-13(11-12)14-9-10-15-2/h5,7,11,14H,3-4,6,9-10H2,1-2H3. The normalized spacial score (nSPS) is 10.3. The summed E-state index contributed by atoms with van der Waals surface area (Å²) in [4.78, 5) is 0. The lowest BCUT2D eigenvalue weighted by Crippen LogP contribution is -2.07. The molecule has 0 aliphatic rings. The molecule has 1 N–H and O–H groups in total. The van der Waals surface area contributed by atoms with E-state index in [9.17, 15) is 0 Å². The highest BCUT2D eigenvalue weighted by molar-refractivity contribution is 5.44. The molecule has 0 saturated carbocycles. The number of anilines is 1. The van der Waals surface area contributed by atoms with Gasteiger partial charge in [0, 0.05) is 25.4 Å². The van der Waals surface area contributed by atoms with Crippen LogP contribution in [0, 0.1) is 6.07 Å². The highest BCUT2D eigenvalue weighted by Crippen LogP contribution is 2.11. The van der Waals surface area contributed by atoms with E-state index in [1.54, 1.807) is 7.11 Å². The summed E-state index contributed by atoms with van der Waals surface area (Å²) in [6.45, 7) is 3.78. The van der Waals surface area contributed by atoms with Gasteiger partial charge in [-0.1, -0.05) is 25.5 Å². The third-order valence-electron chi connectivity index (χ3n) is 2.31. The zero-order chi connectivity index (χ0) is 10.9. The fourth-order valence-electron chi connectivity index (χ4n) is 1.44. The molecule has 83 valence electrons. The van der Waals surface area contributed by atoms with Crippen molar-refractivity contribution in [2.75, 3.05) is 25.6 Å². The lowest BCUT2D eigenvalue weighted by atomic mass is 10.1. The molecule has 0 bridgehead atoms. The molecule has 1 rings (SSSR count). The van der Waals surface area contributed by atoms with Crippen LogP contribution in [0.3, 0.4) is 0 Å². The van der Waals surface area contributed by atoms with Crippen LogP contribution in [0.2, 0.25) is 0 Å². The molecule has 0 atom stereocenters. The second-order valence-electron chi connectivity index (χ2n) is 3.63. The molecule has 0 aliphatic heterocycles. The van der Waals surface area contributed by atoms with Gasteiger partial charge in [-0.15, -0.1) is 0 Å². The average Bonchev–Trinajstić information content (AvgIpc) is 2.27. The van der Waals surface area contributed by atoms with E-state index in [0.717, 1.165) is 25.3 Å². The Morgan fingerprint density at radius 1 is 1.47 bits per heavy atom. The molecule has 1 aromatic carbocycles. The molecule has 2 heteroatoms. The van der Waals surface area contributed by atoms with Gasteiger partial charge < -0.3 is 10.1 Å². The molecule has 0 fully saturated rings. The monoisotopic (exact) mass is 206 g/mol. The predicted octanol–water partition coefficient (Wildman–Crippen LogP) is 2.89. The zero-order valence-electron chi connectivity index (χ0n) is 9.68. The van der Waals surface area contributed by atoms with Crippen molar-refractivity contribution < 1.29 is 4.74 Å². The Labute approximate surface area is 92.6 Å². The number of hydrogen-bond donors (Lipinski definition) is 1. The van der Waals surface area contributed by atoms with Crippen molar-refractivity contribution >= 4 is 5.69 Å². The summed E-state index contributed by atoms with van der Waals surface area (Å²) >= 11 is 0. The van der Waals surface area contributed by atoms with Crippen LogP contribution in [-0.4, -0.2) is 20.3 Å². The van der Waals surface area contributed by atoms with Crippen LogP contribution in [0.1, 0.15) is 25.3 Å². The summed E-state index contributed by atoms with van der Waals surface area (Å²) in [6, 6.07) is 9.47. The lowest BCUT2D eigenvalue weighted by Gasteiger charge is -2.07. The molecule has 0 amide bonds. The number of benzene rings is 1. The summed E-state index contributed by atoms with van der Waals surface area (Å²) in [5, 5.41) is 3.28. The van der Waals surface area contributed by atoms with Gasteiger partial charge in [-0.05, 0) is 24.5 Å². The molecule has 15 heavy (non-hydrogen) atoms. The van der Waals surface area contributed by atoms with E-state index < -0.39 is 0 Å². The summed E-state index contributed by atoms with van der Waals surface area (Å²) in [6.07, 6.45) is 3.65. The van der Waals surface area contributed by atoms with Crippen LogP contribution in [0.5, 0.6) is 0 Å². The Bertz CT molecular complexity index is 273. The van der Waals surface area contributed by atoms with Gasteiger partial charge in [0.1, 0.15) is 0 Å². The number of aryl methyl sites for hydroxylation is 1. The molecular weight excluding hydrogens is 186 g/mol. The highest BCUT2D eigenvalue weighted by atomic mass is 16.5. The van der Waals surface area contributed by atoms with Gasteiger partial charge in [0.05, 0.1) is 6.61 Å². The SMILES string of the molecule is CCCCc1cc[c]c(NCCOC)c1. The number of hydrogen-bond acceptors (Lipinski definition) is 2. The maximum Gasteiger partial charge on any atom is 0.0635 e. The smallest absolute Gasteiger partial charge is 0.0635 e. The van der Waals surface area contributed by atoms with E-state index in [1.165, 1.54) is 18.4 Å². The fraction of sp³-hybridized carbons (Fsp3) is 0.538. The van der Waals surface area contributed by atoms with Crippen LogP contribution < -0.4 is 5.32 Å². The summed E-state index contributed by atoms with van der Waals surface area (Å²) < 4.78 is 4.98. The van der Waals surface area contributed by atoms with E-state index in [4.69, 9.17) is 4.74 Å². The quantitative estimate of drug-likeness (QED) is 0.693. The van der Waals surface area contributed by atoms with Gasteiger partial charge in [0.2, 0.25) is 0 Å². The maximum atomic E-state index is 4.98.